The van der Waals surface area contributed by atoms with Crippen LogP contribution in [0.15, 0.2) is 0 Å². The van der Waals surface area contributed by atoms with Crippen LogP contribution in [0.1, 0.15) is 0 Å². The highest BCUT2D eigenvalue weighted by molar-refractivity contribution is 6.61. The van der Waals surface area contributed by atoms with Gasteiger partial charge in [-0.25, -0.2) is 4.79 Å². The number of hydrogen-bond donors (Lipinski definition) is 1. The molecule has 0 spiro atoms. The summed E-state index contributed by atoms with van der Waals surface area (Å²) in [6, 6.07) is 0. The predicted molar refractivity (Wildman–Crippen MR) is 26.1 cm³/mol. The normalized spacial score (nSPS) is 8.00. The van der Waals surface area contributed by atoms with Crippen LogP contribution in [0.4, 0.5) is 0 Å². The van der Waals surface area contributed by atoms with Crippen LogP contribution < -0.4 is 0 Å². The maximum absolute atomic E-state index is 9.61. The summed E-state index contributed by atoms with van der Waals surface area (Å²) in [5.74, 6) is -1.09. The molecule has 0 aromatic carbocycles. The van der Waals surface area contributed by atoms with Gasteiger partial charge in [0.2, 0.25) is 0 Å². The molecular formula is C3H4BO4. The molecule has 0 aromatic heterocycles. The molecule has 0 unspecified atom stereocenters. The second-order valence-corrected chi connectivity index (χ2v) is 0.977. The molecule has 0 amide bonds. The smallest absolute Gasteiger partial charge is 0.371 e. The van der Waals surface area contributed by atoms with Crippen molar-refractivity contribution in [3.05, 3.63) is 0 Å². The summed E-state index contributed by atoms with van der Waals surface area (Å²) >= 11 is 0. The molecule has 1 N–H and O–H groups in total. The average Bonchev–Trinajstić information content (AvgIpc) is 1.66. The van der Waals surface area contributed by atoms with Crippen LogP contribution in [0.5, 0.6) is 0 Å². The zero-order valence-corrected chi connectivity index (χ0v) is 4.03. The minimum atomic E-state index is -1.09. The molecule has 0 saturated heterocycles. The van der Waals surface area contributed by atoms with Crippen molar-refractivity contribution in [1.29, 1.82) is 0 Å². The molecule has 43 valence electrons. The van der Waals surface area contributed by atoms with Crippen molar-refractivity contribution in [3.8, 4) is 0 Å². The quantitative estimate of drug-likeness (QED) is 0.287. The Morgan fingerprint density at radius 3 is 2.88 bits per heavy atom. The lowest BCUT2D eigenvalue weighted by atomic mass is 10.1. The summed E-state index contributed by atoms with van der Waals surface area (Å²) in [4.78, 5) is 19.0. The number of hydrogen-bond acceptors (Lipinski definition) is 3. The molecule has 0 fully saturated rings. The van der Waals surface area contributed by atoms with Crippen LogP contribution in [0.3, 0.4) is 0 Å². The zero-order valence-electron chi connectivity index (χ0n) is 4.03. The Labute approximate surface area is 46.7 Å². The van der Waals surface area contributed by atoms with Gasteiger partial charge in [0, 0.05) is 0 Å². The van der Waals surface area contributed by atoms with E-state index in [0.717, 1.165) is 7.48 Å². The topological polar surface area (TPSA) is 63.6 Å². The Bertz CT molecular complexity index is 91.3. The lowest BCUT2D eigenvalue weighted by Crippen LogP contribution is -2.10. The molecule has 0 aliphatic heterocycles. The maximum atomic E-state index is 9.61. The van der Waals surface area contributed by atoms with Gasteiger partial charge < -0.3 is 14.6 Å². The SMILES string of the molecule is O=C[B]OCC(=O)O. The van der Waals surface area contributed by atoms with Crippen molar-refractivity contribution < 1.29 is 19.3 Å². The third-order valence-electron chi connectivity index (χ3n) is 0.359. The molecule has 0 heterocycles. The predicted octanol–water partition coefficient (Wildman–Crippen LogP) is -1.10. The summed E-state index contributed by atoms with van der Waals surface area (Å²) < 4.78 is 4.15. The standard InChI is InChI=1S/C3H4BO4/c5-2-4-8-1-3(6)7/h2H,1H2,(H,6,7). The minimum absolute atomic E-state index is 0.378. The van der Waals surface area contributed by atoms with Gasteiger partial charge in [-0.2, -0.15) is 0 Å². The fourth-order valence-electron chi connectivity index (χ4n) is 0.159. The molecule has 5 heteroatoms. The highest BCUT2D eigenvalue weighted by atomic mass is 16.5. The summed E-state index contributed by atoms with van der Waals surface area (Å²) in [5, 5.41) is 7.88. The Balaban J connectivity index is 2.93. The van der Waals surface area contributed by atoms with E-state index in [9.17, 15) is 9.59 Å². The number of carbonyl (C=O) groups excluding carboxylic acids is 1. The van der Waals surface area contributed by atoms with E-state index >= 15 is 0 Å². The lowest BCUT2D eigenvalue weighted by molar-refractivity contribution is -0.139. The van der Waals surface area contributed by atoms with Crippen molar-refractivity contribution >= 4 is 19.6 Å². The minimum Gasteiger partial charge on any atom is -0.480 e. The van der Waals surface area contributed by atoms with Gasteiger partial charge in [0.25, 0.3) is 0 Å². The van der Waals surface area contributed by atoms with Crippen molar-refractivity contribution in [3.63, 3.8) is 0 Å². The molecule has 0 rings (SSSR count). The Morgan fingerprint density at radius 1 is 1.88 bits per heavy atom. The number of carboxylic acid groups (broad SMARTS) is 1. The van der Waals surface area contributed by atoms with E-state index in [1.165, 1.54) is 0 Å². The van der Waals surface area contributed by atoms with Gasteiger partial charge in [0.1, 0.15) is 12.8 Å². The molecule has 0 atom stereocenters. The fraction of sp³-hybridized carbons (Fsp3) is 0.333. The first-order chi connectivity index (χ1) is 3.77. The van der Waals surface area contributed by atoms with Crippen LogP contribution in [-0.2, 0) is 14.2 Å². The van der Waals surface area contributed by atoms with E-state index in [1.807, 2.05) is 0 Å². The van der Waals surface area contributed by atoms with E-state index in [0.29, 0.717) is 6.19 Å². The molecule has 0 saturated carbocycles. The first-order valence-corrected chi connectivity index (χ1v) is 1.87. The van der Waals surface area contributed by atoms with E-state index in [-0.39, 0.29) is 0 Å². The fourth-order valence-corrected chi connectivity index (χ4v) is 0.159. The van der Waals surface area contributed by atoms with Crippen molar-refractivity contribution in [2.45, 2.75) is 0 Å². The van der Waals surface area contributed by atoms with Crippen LogP contribution in [0, 0.1) is 0 Å². The van der Waals surface area contributed by atoms with E-state index in [4.69, 9.17) is 5.11 Å². The average molecular weight is 115 g/mol. The van der Waals surface area contributed by atoms with E-state index in [1.54, 1.807) is 0 Å². The van der Waals surface area contributed by atoms with Gasteiger partial charge in [-0.15, -0.1) is 0 Å². The Hall–Kier alpha value is -0.835. The van der Waals surface area contributed by atoms with Crippen LogP contribution >= 0.6 is 0 Å². The van der Waals surface area contributed by atoms with Gasteiger partial charge in [-0.05, 0) is 0 Å². The largest absolute Gasteiger partial charge is 0.480 e. The molecule has 0 aromatic rings. The highest BCUT2D eigenvalue weighted by Gasteiger charge is 1.94. The Morgan fingerprint density at radius 2 is 2.50 bits per heavy atom. The highest BCUT2D eigenvalue weighted by Crippen LogP contribution is 1.66. The molecule has 0 aliphatic carbocycles. The third kappa shape index (κ3) is 5.16. The molecular weight excluding hydrogens is 111 g/mol. The van der Waals surface area contributed by atoms with E-state index < -0.39 is 12.6 Å². The summed E-state index contributed by atoms with van der Waals surface area (Å²) in [6.07, 6.45) is 0.378. The van der Waals surface area contributed by atoms with Crippen LogP contribution in [-0.4, -0.2) is 31.4 Å². The van der Waals surface area contributed by atoms with Crippen molar-refractivity contribution in [2.24, 2.45) is 0 Å². The van der Waals surface area contributed by atoms with Crippen molar-refractivity contribution in [1.82, 2.24) is 0 Å². The van der Waals surface area contributed by atoms with Gasteiger partial charge >= 0.3 is 13.5 Å². The molecule has 1 radical (unpaired) electrons. The lowest BCUT2D eigenvalue weighted by Gasteiger charge is -1.88. The van der Waals surface area contributed by atoms with Crippen molar-refractivity contribution in [2.75, 3.05) is 6.61 Å². The second-order valence-electron chi connectivity index (χ2n) is 0.977. The second kappa shape index (κ2) is 4.33. The van der Waals surface area contributed by atoms with Gasteiger partial charge in [0.15, 0.2) is 0 Å². The van der Waals surface area contributed by atoms with Gasteiger partial charge in [0.05, 0.1) is 0 Å². The number of carbonyl (C=O) groups is 2. The van der Waals surface area contributed by atoms with Gasteiger partial charge in [-0.1, -0.05) is 0 Å². The maximum Gasteiger partial charge on any atom is 0.371 e. The number of aliphatic carboxylic acids is 1. The van der Waals surface area contributed by atoms with Crippen LogP contribution in [0.2, 0.25) is 0 Å². The number of rotatable bonds is 4. The Kier molecular flexibility index (Phi) is 3.88. The molecule has 0 aliphatic rings. The summed E-state index contributed by atoms with van der Waals surface area (Å²) in [7, 11) is 0.786. The zero-order chi connectivity index (χ0) is 6.41. The van der Waals surface area contributed by atoms with E-state index in [2.05, 4.69) is 4.65 Å². The molecule has 0 bridgehead atoms. The summed E-state index contributed by atoms with van der Waals surface area (Å²) in [5.41, 5.74) is 0. The van der Waals surface area contributed by atoms with Gasteiger partial charge in [-0.3, -0.25) is 0 Å². The van der Waals surface area contributed by atoms with Crippen LogP contribution in [0.25, 0.3) is 0 Å². The molecule has 4 nitrogen and oxygen atoms in total. The molecule has 8 heavy (non-hydrogen) atoms. The third-order valence-corrected chi connectivity index (χ3v) is 0.359. The summed E-state index contributed by atoms with van der Waals surface area (Å²) in [6.45, 7) is -0.460. The monoisotopic (exact) mass is 115 g/mol. The first kappa shape index (κ1) is 7.16. The number of carboxylic acids is 1. The first-order valence-electron chi connectivity index (χ1n) is 1.87.